The number of halogens is 4. The van der Waals surface area contributed by atoms with Crippen molar-refractivity contribution in [2.75, 3.05) is 6.54 Å². The van der Waals surface area contributed by atoms with E-state index in [0.717, 1.165) is 25.1 Å². The molecule has 20 heavy (non-hydrogen) atoms. The summed E-state index contributed by atoms with van der Waals surface area (Å²) in [6, 6.07) is 1.99. The average molecular weight is 290 g/mol. The van der Waals surface area contributed by atoms with Crippen LogP contribution in [0.3, 0.4) is 0 Å². The van der Waals surface area contributed by atoms with Crippen LogP contribution in [0.4, 0.5) is 17.6 Å². The Labute approximate surface area is 113 Å². The smallest absolute Gasteiger partial charge is 0.351 e. The summed E-state index contributed by atoms with van der Waals surface area (Å²) < 4.78 is 50.7. The van der Waals surface area contributed by atoms with Crippen molar-refractivity contribution in [3.05, 3.63) is 35.1 Å². The van der Waals surface area contributed by atoms with E-state index in [2.05, 4.69) is 10.6 Å². The maximum atomic E-state index is 13.5. The molecule has 0 bridgehead atoms. The largest absolute Gasteiger partial charge is 0.416 e. The SMILES string of the molecule is O=C(NCc1ccc(C(F)(F)F)cc1F)[C@H]1CCCN1. The lowest BCUT2D eigenvalue weighted by molar-refractivity contribution is -0.137. The van der Waals surface area contributed by atoms with Gasteiger partial charge in [0, 0.05) is 12.1 Å². The van der Waals surface area contributed by atoms with Gasteiger partial charge in [-0.05, 0) is 31.5 Å². The minimum absolute atomic E-state index is 0.0318. The molecule has 0 aliphatic carbocycles. The van der Waals surface area contributed by atoms with Gasteiger partial charge in [0.1, 0.15) is 5.82 Å². The van der Waals surface area contributed by atoms with Crippen LogP contribution in [-0.4, -0.2) is 18.5 Å². The molecule has 1 heterocycles. The summed E-state index contributed by atoms with van der Waals surface area (Å²) in [4.78, 5) is 11.7. The maximum absolute atomic E-state index is 13.5. The van der Waals surface area contributed by atoms with Crippen LogP contribution in [0.1, 0.15) is 24.0 Å². The minimum atomic E-state index is -4.57. The van der Waals surface area contributed by atoms with Crippen LogP contribution < -0.4 is 10.6 Å². The minimum Gasteiger partial charge on any atom is -0.351 e. The van der Waals surface area contributed by atoms with Gasteiger partial charge in [0.25, 0.3) is 0 Å². The van der Waals surface area contributed by atoms with E-state index in [0.29, 0.717) is 12.5 Å². The van der Waals surface area contributed by atoms with E-state index >= 15 is 0 Å². The standard InChI is InChI=1S/C13H14F4N2O/c14-10-6-9(13(15,16)17)4-3-8(10)7-19-12(20)11-2-1-5-18-11/h3-4,6,11,18H,1-2,5,7H2,(H,19,20)/t11-/m1/s1. The molecule has 0 radical (unpaired) electrons. The Kier molecular flexibility index (Phi) is 4.27. The Morgan fingerprint density at radius 2 is 2.15 bits per heavy atom. The molecular weight excluding hydrogens is 276 g/mol. The average Bonchev–Trinajstić information content (AvgIpc) is 2.89. The topological polar surface area (TPSA) is 41.1 Å². The van der Waals surface area contributed by atoms with Gasteiger partial charge in [-0.1, -0.05) is 6.07 Å². The lowest BCUT2D eigenvalue weighted by Crippen LogP contribution is -2.40. The number of amides is 1. The summed E-state index contributed by atoms with van der Waals surface area (Å²) in [5.74, 6) is -1.23. The Balaban J connectivity index is 1.98. The Hall–Kier alpha value is -1.63. The highest BCUT2D eigenvalue weighted by Gasteiger charge is 2.31. The fraction of sp³-hybridized carbons (Fsp3) is 0.462. The van der Waals surface area contributed by atoms with Gasteiger partial charge < -0.3 is 10.6 Å². The van der Waals surface area contributed by atoms with Crippen LogP contribution in [0.5, 0.6) is 0 Å². The summed E-state index contributed by atoms with van der Waals surface area (Å²) in [5, 5.41) is 5.50. The van der Waals surface area contributed by atoms with Crippen molar-refractivity contribution in [1.82, 2.24) is 10.6 Å². The van der Waals surface area contributed by atoms with Crippen LogP contribution in [0.25, 0.3) is 0 Å². The summed E-state index contributed by atoms with van der Waals surface area (Å²) in [6.45, 7) is 0.633. The van der Waals surface area contributed by atoms with E-state index in [9.17, 15) is 22.4 Å². The maximum Gasteiger partial charge on any atom is 0.416 e. The van der Waals surface area contributed by atoms with E-state index < -0.39 is 17.6 Å². The fourth-order valence-corrected chi connectivity index (χ4v) is 2.08. The van der Waals surface area contributed by atoms with Gasteiger partial charge in [-0.25, -0.2) is 4.39 Å². The number of rotatable bonds is 3. The van der Waals surface area contributed by atoms with Gasteiger partial charge >= 0.3 is 6.18 Å². The van der Waals surface area contributed by atoms with Gasteiger partial charge in [-0.15, -0.1) is 0 Å². The van der Waals surface area contributed by atoms with E-state index in [1.54, 1.807) is 0 Å². The highest BCUT2D eigenvalue weighted by molar-refractivity contribution is 5.81. The van der Waals surface area contributed by atoms with Gasteiger partial charge in [-0.2, -0.15) is 13.2 Å². The summed E-state index contributed by atoms with van der Waals surface area (Å²) in [5.41, 5.74) is -1.01. The van der Waals surface area contributed by atoms with Crippen LogP contribution >= 0.6 is 0 Å². The molecule has 1 fully saturated rings. The first-order valence-corrected chi connectivity index (χ1v) is 6.24. The number of benzene rings is 1. The van der Waals surface area contributed by atoms with Crippen molar-refractivity contribution in [3.63, 3.8) is 0 Å². The third kappa shape index (κ3) is 3.47. The highest BCUT2D eigenvalue weighted by atomic mass is 19.4. The molecule has 3 nitrogen and oxygen atoms in total. The van der Waals surface area contributed by atoms with Crippen LogP contribution in [0.15, 0.2) is 18.2 Å². The molecule has 110 valence electrons. The number of hydrogen-bond donors (Lipinski definition) is 2. The zero-order valence-electron chi connectivity index (χ0n) is 10.6. The van der Waals surface area contributed by atoms with E-state index in [-0.39, 0.29) is 24.1 Å². The van der Waals surface area contributed by atoms with Crippen molar-refractivity contribution < 1.29 is 22.4 Å². The normalized spacial score (nSPS) is 19.1. The summed E-state index contributed by atoms with van der Waals surface area (Å²) in [7, 11) is 0. The lowest BCUT2D eigenvalue weighted by Gasteiger charge is -2.12. The van der Waals surface area contributed by atoms with E-state index in [1.165, 1.54) is 0 Å². The molecule has 2 N–H and O–H groups in total. The molecule has 0 aromatic heterocycles. The Morgan fingerprint density at radius 1 is 1.40 bits per heavy atom. The molecule has 0 spiro atoms. The second-order valence-corrected chi connectivity index (χ2v) is 4.67. The van der Waals surface area contributed by atoms with Gasteiger partial charge in [0.05, 0.1) is 11.6 Å². The van der Waals surface area contributed by atoms with Gasteiger partial charge in [-0.3, -0.25) is 4.79 Å². The molecule has 2 rings (SSSR count). The first kappa shape index (κ1) is 14.8. The molecule has 1 aliphatic heterocycles. The number of carbonyl (C=O) groups is 1. The molecule has 1 aromatic rings. The third-order valence-electron chi connectivity index (χ3n) is 3.21. The predicted octanol–water partition coefficient (Wildman–Crippen LogP) is 2.21. The number of hydrogen-bond acceptors (Lipinski definition) is 2. The molecule has 1 aliphatic rings. The van der Waals surface area contributed by atoms with E-state index in [4.69, 9.17) is 0 Å². The van der Waals surface area contributed by atoms with E-state index in [1.807, 2.05) is 0 Å². The summed E-state index contributed by atoms with van der Waals surface area (Å²) >= 11 is 0. The van der Waals surface area contributed by atoms with Crippen LogP contribution in [0, 0.1) is 5.82 Å². The monoisotopic (exact) mass is 290 g/mol. The zero-order valence-corrected chi connectivity index (χ0v) is 10.6. The van der Waals surface area contributed by atoms with Crippen molar-refractivity contribution in [1.29, 1.82) is 0 Å². The number of alkyl halides is 3. The Bertz CT molecular complexity index is 496. The second-order valence-electron chi connectivity index (χ2n) is 4.67. The molecule has 0 unspecified atom stereocenters. The fourth-order valence-electron chi connectivity index (χ4n) is 2.08. The van der Waals surface area contributed by atoms with Crippen LogP contribution in [-0.2, 0) is 17.5 Å². The van der Waals surface area contributed by atoms with Crippen LogP contribution in [0.2, 0.25) is 0 Å². The van der Waals surface area contributed by atoms with Crippen molar-refractivity contribution in [2.45, 2.75) is 31.6 Å². The van der Waals surface area contributed by atoms with Crippen molar-refractivity contribution >= 4 is 5.91 Å². The zero-order chi connectivity index (χ0) is 14.8. The molecule has 1 aromatic carbocycles. The number of nitrogens with one attached hydrogen (secondary N) is 2. The van der Waals surface area contributed by atoms with Gasteiger partial charge in [0.2, 0.25) is 5.91 Å². The molecule has 1 amide bonds. The molecule has 0 saturated carbocycles. The first-order chi connectivity index (χ1) is 9.38. The molecule has 1 saturated heterocycles. The van der Waals surface area contributed by atoms with Crippen molar-refractivity contribution in [2.24, 2.45) is 0 Å². The quantitative estimate of drug-likeness (QED) is 0.838. The highest BCUT2D eigenvalue weighted by Crippen LogP contribution is 2.30. The first-order valence-electron chi connectivity index (χ1n) is 6.24. The molecular formula is C13H14F4N2O. The second kappa shape index (κ2) is 5.78. The third-order valence-corrected chi connectivity index (χ3v) is 3.21. The van der Waals surface area contributed by atoms with Crippen molar-refractivity contribution in [3.8, 4) is 0 Å². The molecule has 1 atom stereocenters. The van der Waals surface area contributed by atoms with Gasteiger partial charge in [0.15, 0.2) is 0 Å². The summed E-state index contributed by atoms with van der Waals surface area (Å²) in [6.07, 6.45) is -2.97. The predicted molar refractivity (Wildman–Crippen MR) is 64.3 cm³/mol. The lowest BCUT2D eigenvalue weighted by atomic mass is 10.1. The Morgan fingerprint density at radius 3 is 2.70 bits per heavy atom. The molecule has 7 heteroatoms. The number of carbonyl (C=O) groups excluding carboxylic acids is 1.